The number of carboxylic acids is 1. The number of amides is 1. The van der Waals surface area contributed by atoms with Crippen molar-refractivity contribution in [2.45, 2.75) is 18.4 Å². The molecule has 1 amide bonds. The zero-order valence-electron chi connectivity index (χ0n) is 15.0. The Morgan fingerprint density at radius 3 is 2.55 bits per heavy atom. The molecule has 0 saturated carbocycles. The highest BCUT2D eigenvalue weighted by molar-refractivity contribution is 6.37. The van der Waals surface area contributed by atoms with Crippen LogP contribution >= 0.6 is 34.8 Å². The number of nitrogens with one attached hydrogen (secondary N) is 1. The van der Waals surface area contributed by atoms with Gasteiger partial charge in [0.15, 0.2) is 0 Å². The number of methoxy groups -OCH3 is 1. The first-order chi connectivity index (χ1) is 13.7. The van der Waals surface area contributed by atoms with Gasteiger partial charge in [-0.3, -0.25) is 9.59 Å². The molecule has 0 spiro atoms. The van der Waals surface area contributed by atoms with Gasteiger partial charge in [0.1, 0.15) is 5.75 Å². The van der Waals surface area contributed by atoms with Gasteiger partial charge in [0.05, 0.1) is 30.0 Å². The zero-order valence-corrected chi connectivity index (χ0v) is 17.3. The second kappa shape index (κ2) is 8.49. The Kier molecular flexibility index (Phi) is 6.21. The van der Waals surface area contributed by atoms with Gasteiger partial charge in [-0.25, -0.2) is 0 Å². The number of nitrogens with zero attached hydrogens (tertiary/aromatic N) is 1. The van der Waals surface area contributed by atoms with Crippen LogP contribution in [0.1, 0.15) is 18.4 Å². The van der Waals surface area contributed by atoms with Crippen molar-refractivity contribution >= 4 is 58.1 Å². The summed E-state index contributed by atoms with van der Waals surface area (Å²) in [4.78, 5) is 29.9. The van der Waals surface area contributed by atoms with Gasteiger partial charge >= 0.3 is 5.97 Å². The van der Waals surface area contributed by atoms with Gasteiger partial charge in [-0.1, -0.05) is 46.0 Å². The quantitative estimate of drug-likeness (QED) is 0.659. The minimum absolute atomic E-state index is 0.102. The van der Waals surface area contributed by atoms with Crippen LogP contribution in [0.2, 0.25) is 15.1 Å². The number of oxime groups is 1. The fourth-order valence-corrected chi connectivity index (χ4v) is 3.59. The molecule has 2 aromatic carbocycles. The van der Waals surface area contributed by atoms with Gasteiger partial charge in [-0.05, 0) is 30.3 Å². The lowest BCUT2D eigenvalue weighted by atomic mass is 9.90. The highest BCUT2D eigenvalue weighted by Gasteiger charge is 2.49. The van der Waals surface area contributed by atoms with Crippen molar-refractivity contribution < 1.29 is 24.3 Å². The highest BCUT2D eigenvalue weighted by atomic mass is 35.5. The molecule has 0 saturated heterocycles. The maximum atomic E-state index is 13.0. The van der Waals surface area contributed by atoms with Crippen molar-refractivity contribution in [3.8, 4) is 5.75 Å². The molecule has 29 heavy (non-hydrogen) atoms. The van der Waals surface area contributed by atoms with E-state index in [0.717, 1.165) is 0 Å². The Labute approximate surface area is 181 Å². The second-order valence-corrected chi connectivity index (χ2v) is 7.57. The molecule has 10 heteroatoms. The first-order valence-corrected chi connectivity index (χ1v) is 9.45. The number of halogens is 3. The Morgan fingerprint density at radius 2 is 1.90 bits per heavy atom. The van der Waals surface area contributed by atoms with Crippen molar-refractivity contribution in [2.75, 3.05) is 12.4 Å². The molecular formula is C19H15Cl3N2O5. The molecule has 0 unspecified atom stereocenters. The van der Waals surface area contributed by atoms with E-state index in [-0.39, 0.29) is 12.1 Å². The average molecular weight is 458 g/mol. The van der Waals surface area contributed by atoms with Crippen LogP contribution in [0.25, 0.3) is 0 Å². The highest BCUT2D eigenvalue weighted by Crippen LogP contribution is 2.36. The van der Waals surface area contributed by atoms with Gasteiger partial charge in [0, 0.05) is 22.0 Å². The molecule has 0 aromatic heterocycles. The van der Waals surface area contributed by atoms with Crippen LogP contribution in [0.3, 0.4) is 0 Å². The maximum Gasteiger partial charge on any atom is 0.308 e. The predicted octanol–water partition coefficient (Wildman–Crippen LogP) is 4.63. The van der Waals surface area contributed by atoms with Gasteiger partial charge in [0.2, 0.25) is 5.60 Å². The molecule has 7 nitrogen and oxygen atoms in total. The molecule has 0 bridgehead atoms. The summed E-state index contributed by atoms with van der Waals surface area (Å²) in [6, 6.07) is 9.42. The number of carbonyl (C=O) groups excluding carboxylic acids is 1. The molecule has 152 valence electrons. The van der Waals surface area contributed by atoms with Gasteiger partial charge in [-0.15, -0.1) is 0 Å². The third-order valence-electron chi connectivity index (χ3n) is 4.29. The summed E-state index contributed by atoms with van der Waals surface area (Å²) in [5.41, 5.74) is -0.661. The summed E-state index contributed by atoms with van der Waals surface area (Å²) in [5, 5.41) is 17.0. The molecule has 0 aliphatic carbocycles. The van der Waals surface area contributed by atoms with Crippen molar-refractivity contribution in [1.82, 2.24) is 0 Å². The van der Waals surface area contributed by atoms with Crippen molar-refractivity contribution in [1.29, 1.82) is 0 Å². The third kappa shape index (κ3) is 4.58. The Bertz CT molecular complexity index is 1010. The van der Waals surface area contributed by atoms with Gasteiger partial charge in [0.25, 0.3) is 5.91 Å². The van der Waals surface area contributed by atoms with Crippen molar-refractivity contribution in [2.24, 2.45) is 5.16 Å². The SMILES string of the molecule is COc1ccc(Cl)cc1NC(=O)[C@@]1(CC(=O)O)CC(c2ccc(Cl)cc2Cl)=NO1. The van der Waals surface area contributed by atoms with Crippen LogP contribution in [0.15, 0.2) is 41.6 Å². The molecule has 2 aromatic rings. The topological polar surface area (TPSA) is 97.2 Å². The van der Waals surface area contributed by atoms with Crippen LogP contribution in [0, 0.1) is 0 Å². The summed E-state index contributed by atoms with van der Waals surface area (Å²) in [6.45, 7) is 0. The second-order valence-electron chi connectivity index (χ2n) is 6.29. The van der Waals surface area contributed by atoms with Crippen molar-refractivity contribution in [3.63, 3.8) is 0 Å². The van der Waals surface area contributed by atoms with E-state index in [1.54, 1.807) is 24.3 Å². The third-order valence-corrected chi connectivity index (χ3v) is 5.07. The zero-order chi connectivity index (χ0) is 21.2. The minimum Gasteiger partial charge on any atom is -0.495 e. The Balaban J connectivity index is 1.90. The molecule has 1 heterocycles. The fourth-order valence-electron chi connectivity index (χ4n) is 2.90. The molecular weight excluding hydrogens is 443 g/mol. The first kappa shape index (κ1) is 21.2. The number of benzene rings is 2. The molecule has 1 aliphatic heterocycles. The normalized spacial score (nSPS) is 18.0. The monoisotopic (exact) mass is 456 g/mol. The van der Waals surface area contributed by atoms with Crippen LogP contribution in [-0.4, -0.2) is 35.4 Å². The van der Waals surface area contributed by atoms with E-state index in [0.29, 0.717) is 32.1 Å². The number of aliphatic carboxylic acids is 1. The van der Waals surface area contributed by atoms with Crippen LogP contribution in [0.4, 0.5) is 5.69 Å². The molecule has 1 atom stereocenters. The van der Waals surface area contributed by atoms with Crippen LogP contribution in [0.5, 0.6) is 5.75 Å². The fraction of sp³-hybridized carbons (Fsp3) is 0.211. The molecule has 3 rings (SSSR count). The molecule has 1 aliphatic rings. The van der Waals surface area contributed by atoms with Gasteiger partial charge < -0.3 is 20.0 Å². The summed E-state index contributed by atoms with van der Waals surface area (Å²) in [7, 11) is 1.43. The van der Waals surface area contributed by atoms with Crippen molar-refractivity contribution in [3.05, 3.63) is 57.0 Å². The lowest BCUT2D eigenvalue weighted by Gasteiger charge is -2.24. The van der Waals surface area contributed by atoms with Gasteiger partial charge in [-0.2, -0.15) is 0 Å². The van der Waals surface area contributed by atoms with E-state index in [9.17, 15) is 14.7 Å². The number of rotatable bonds is 6. The number of carbonyl (C=O) groups is 2. The standard InChI is InChI=1S/C19H15Cl3N2O5/c1-28-16-5-3-11(21)7-14(16)23-18(27)19(9-17(25)26)8-15(24-29-19)12-4-2-10(20)6-13(12)22/h2-7H,8-9H2,1H3,(H,23,27)(H,25,26)/t19-/m0/s1. The predicted molar refractivity (Wildman–Crippen MR) is 110 cm³/mol. The van der Waals surface area contributed by atoms with E-state index >= 15 is 0 Å². The summed E-state index contributed by atoms with van der Waals surface area (Å²) < 4.78 is 5.21. The summed E-state index contributed by atoms with van der Waals surface area (Å²) in [6.07, 6.45) is -0.713. The van der Waals surface area contributed by atoms with E-state index in [1.165, 1.54) is 19.2 Å². The van der Waals surface area contributed by atoms with E-state index in [4.69, 9.17) is 44.4 Å². The lowest BCUT2D eigenvalue weighted by Crippen LogP contribution is -2.45. The lowest BCUT2D eigenvalue weighted by molar-refractivity contribution is -0.152. The molecule has 2 N–H and O–H groups in total. The maximum absolute atomic E-state index is 13.0. The Hall–Kier alpha value is -2.48. The first-order valence-electron chi connectivity index (χ1n) is 8.31. The largest absolute Gasteiger partial charge is 0.495 e. The number of ether oxygens (including phenoxy) is 1. The number of hydrogen-bond acceptors (Lipinski definition) is 5. The number of anilines is 1. The molecule has 0 radical (unpaired) electrons. The molecule has 0 fully saturated rings. The van der Waals surface area contributed by atoms with E-state index < -0.39 is 23.9 Å². The average Bonchev–Trinajstić information content (AvgIpc) is 3.06. The summed E-state index contributed by atoms with van der Waals surface area (Å²) >= 11 is 18.1. The van der Waals surface area contributed by atoms with E-state index in [2.05, 4.69) is 10.5 Å². The summed E-state index contributed by atoms with van der Waals surface area (Å²) in [5.74, 6) is -1.57. The van der Waals surface area contributed by atoms with Crippen LogP contribution in [-0.2, 0) is 14.4 Å². The minimum atomic E-state index is -1.77. The number of carboxylic acid groups (broad SMARTS) is 1. The Morgan fingerprint density at radius 1 is 1.21 bits per heavy atom. The van der Waals surface area contributed by atoms with Crippen LogP contribution < -0.4 is 10.1 Å². The van der Waals surface area contributed by atoms with E-state index in [1.807, 2.05) is 0 Å². The number of hydrogen-bond donors (Lipinski definition) is 2. The smallest absolute Gasteiger partial charge is 0.308 e.